The maximum Gasteiger partial charge on any atom is 0.277 e. The molecule has 0 aromatic carbocycles. The fourth-order valence-electron chi connectivity index (χ4n) is 3.56. The number of fused-ring (bicyclic) bond motifs is 1. The summed E-state index contributed by atoms with van der Waals surface area (Å²) in [7, 11) is 0. The molecule has 0 radical (unpaired) electrons. The third-order valence-electron chi connectivity index (χ3n) is 4.90. The number of aliphatic imine (C=N–C) groups is 1. The Balaban J connectivity index is 1.64. The largest absolute Gasteiger partial charge is 0.511 e. The number of aliphatic hydroxyl groups is 1. The lowest BCUT2D eigenvalue weighted by atomic mass is 9.89. The number of aliphatic hydroxyl groups excluding tert-OH is 1. The molecule has 0 aromatic rings. The summed E-state index contributed by atoms with van der Waals surface area (Å²) < 4.78 is 0. The molecule has 1 aliphatic heterocycles. The molecule has 1 heterocycles. The van der Waals surface area contributed by atoms with E-state index in [0.717, 1.165) is 25.7 Å². The topological polar surface area (TPSA) is 78.8 Å². The van der Waals surface area contributed by atoms with E-state index in [1.807, 2.05) is 6.08 Å². The molecule has 0 aromatic heterocycles. The van der Waals surface area contributed by atoms with Gasteiger partial charge in [-0.3, -0.25) is 9.59 Å². The van der Waals surface area contributed by atoms with E-state index in [2.05, 4.69) is 10.3 Å². The normalized spacial score (nSPS) is 24.9. The lowest BCUT2D eigenvalue weighted by Gasteiger charge is -2.23. The van der Waals surface area contributed by atoms with Gasteiger partial charge in [0.1, 0.15) is 5.76 Å². The van der Waals surface area contributed by atoms with Crippen LogP contribution in [-0.4, -0.2) is 28.7 Å². The van der Waals surface area contributed by atoms with Crippen molar-refractivity contribution < 1.29 is 14.7 Å². The van der Waals surface area contributed by atoms with Crippen LogP contribution in [0.15, 0.2) is 40.6 Å². The smallest absolute Gasteiger partial charge is 0.277 e. The van der Waals surface area contributed by atoms with Crippen LogP contribution >= 0.6 is 0 Å². The Hall–Kier alpha value is -2.17. The van der Waals surface area contributed by atoms with Crippen molar-refractivity contribution in [1.82, 2.24) is 5.32 Å². The van der Waals surface area contributed by atoms with Crippen LogP contribution in [0, 0.1) is 5.92 Å². The Bertz CT molecular complexity index is 635. The van der Waals surface area contributed by atoms with Crippen LogP contribution in [0.25, 0.3) is 0 Å². The van der Waals surface area contributed by atoms with Gasteiger partial charge in [-0.05, 0) is 18.9 Å². The number of carbonyl (C=O) groups is 2. The number of hydrogen-bond acceptors (Lipinski definition) is 3. The first-order valence-corrected chi connectivity index (χ1v) is 8.84. The van der Waals surface area contributed by atoms with Gasteiger partial charge in [-0.2, -0.15) is 0 Å². The fraction of sp³-hybridized carbons (Fsp3) is 0.526. The molecule has 2 aliphatic carbocycles. The summed E-state index contributed by atoms with van der Waals surface area (Å²) in [5.74, 6) is -1.16. The number of dihydropyridines is 1. The Labute approximate surface area is 142 Å². The van der Waals surface area contributed by atoms with E-state index >= 15 is 0 Å². The lowest BCUT2D eigenvalue weighted by molar-refractivity contribution is -0.123. The summed E-state index contributed by atoms with van der Waals surface area (Å²) in [5, 5.41) is 13.4. The number of nitrogens with one attached hydrogen (secondary N) is 1. The van der Waals surface area contributed by atoms with E-state index in [0.29, 0.717) is 5.71 Å². The maximum absolute atomic E-state index is 12.3. The van der Waals surface area contributed by atoms with Gasteiger partial charge in [-0.1, -0.05) is 50.3 Å². The van der Waals surface area contributed by atoms with Gasteiger partial charge in [-0.25, -0.2) is 4.99 Å². The zero-order valence-electron chi connectivity index (χ0n) is 13.8. The third-order valence-corrected chi connectivity index (χ3v) is 4.90. The van der Waals surface area contributed by atoms with E-state index < -0.39 is 11.8 Å². The minimum Gasteiger partial charge on any atom is -0.511 e. The molecule has 24 heavy (non-hydrogen) atoms. The van der Waals surface area contributed by atoms with Crippen LogP contribution < -0.4 is 5.32 Å². The number of carbonyl (C=O) groups excluding carboxylic acids is 2. The summed E-state index contributed by atoms with van der Waals surface area (Å²) in [6.45, 7) is 0. The molecule has 3 rings (SSSR count). The van der Waals surface area contributed by atoms with Crippen molar-refractivity contribution in [2.24, 2.45) is 10.9 Å². The van der Waals surface area contributed by atoms with Crippen LogP contribution in [0.2, 0.25) is 0 Å². The second kappa shape index (κ2) is 7.60. The highest BCUT2D eigenvalue weighted by molar-refractivity contribution is 6.15. The first-order valence-electron chi connectivity index (χ1n) is 8.84. The van der Waals surface area contributed by atoms with Gasteiger partial charge in [0.05, 0.1) is 23.6 Å². The Morgan fingerprint density at radius 3 is 2.62 bits per heavy atom. The highest BCUT2D eigenvalue weighted by Gasteiger charge is 2.31. The van der Waals surface area contributed by atoms with E-state index in [-0.39, 0.29) is 29.7 Å². The molecular weight excluding hydrogens is 304 g/mol. The third kappa shape index (κ3) is 3.83. The average molecular weight is 328 g/mol. The van der Waals surface area contributed by atoms with E-state index in [1.165, 1.54) is 19.3 Å². The van der Waals surface area contributed by atoms with Crippen molar-refractivity contribution in [1.29, 1.82) is 0 Å². The van der Waals surface area contributed by atoms with Crippen molar-refractivity contribution in [3.05, 3.63) is 35.6 Å². The molecule has 0 bridgehead atoms. The van der Waals surface area contributed by atoms with Gasteiger partial charge in [0.25, 0.3) is 5.91 Å². The molecule has 0 spiro atoms. The van der Waals surface area contributed by atoms with E-state index in [9.17, 15) is 14.7 Å². The molecule has 1 unspecified atom stereocenters. The number of rotatable bonds is 3. The zero-order chi connectivity index (χ0) is 16.9. The van der Waals surface area contributed by atoms with Crippen LogP contribution in [0.3, 0.4) is 0 Å². The highest BCUT2D eigenvalue weighted by Crippen LogP contribution is 2.27. The highest BCUT2D eigenvalue weighted by atomic mass is 16.3. The predicted octanol–water partition coefficient (Wildman–Crippen LogP) is 3.14. The number of hydrogen-bond donors (Lipinski definition) is 2. The molecule has 1 saturated carbocycles. The van der Waals surface area contributed by atoms with Crippen molar-refractivity contribution in [2.45, 2.75) is 57.4 Å². The summed E-state index contributed by atoms with van der Waals surface area (Å²) in [4.78, 5) is 28.5. The Morgan fingerprint density at radius 1 is 1.17 bits per heavy atom. The van der Waals surface area contributed by atoms with Crippen molar-refractivity contribution in [3.63, 3.8) is 0 Å². The molecular formula is C19H24N2O3. The number of allylic oxidation sites excluding steroid dienone is 4. The minimum absolute atomic E-state index is 0.0431. The molecule has 1 fully saturated rings. The molecule has 2 N–H and O–H groups in total. The fourth-order valence-corrected chi connectivity index (χ4v) is 3.56. The molecule has 3 aliphatic rings. The molecule has 5 heteroatoms. The SMILES string of the molecule is O=C(CC1=C(O)C2C=CC=CC2=NC1=O)NC1CCCCCCC1. The molecule has 2 amide bonds. The first kappa shape index (κ1) is 16.7. The number of nitrogens with zero attached hydrogens (tertiary/aromatic N) is 1. The van der Waals surface area contributed by atoms with Crippen LogP contribution in [-0.2, 0) is 9.59 Å². The summed E-state index contributed by atoms with van der Waals surface area (Å²) in [6, 6.07) is 0.177. The lowest BCUT2D eigenvalue weighted by Crippen LogP contribution is -2.36. The second-order valence-electron chi connectivity index (χ2n) is 6.71. The second-order valence-corrected chi connectivity index (χ2v) is 6.71. The number of amides is 2. The van der Waals surface area contributed by atoms with Crippen molar-refractivity contribution in [3.8, 4) is 0 Å². The van der Waals surface area contributed by atoms with Gasteiger partial charge in [-0.15, -0.1) is 0 Å². The predicted molar refractivity (Wildman–Crippen MR) is 92.7 cm³/mol. The monoisotopic (exact) mass is 328 g/mol. The van der Waals surface area contributed by atoms with Gasteiger partial charge < -0.3 is 10.4 Å². The molecule has 128 valence electrons. The summed E-state index contributed by atoms with van der Waals surface area (Å²) in [6.07, 6.45) is 14.9. The van der Waals surface area contributed by atoms with Crippen LogP contribution in [0.5, 0.6) is 0 Å². The minimum atomic E-state index is -0.508. The molecule has 0 saturated heterocycles. The van der Waals surface area contributed by atoms with Crippen molar-refractivity contribution >= 4 is 17.5 Å². The standard InChI is InChI=1S/C19H24N2O3/c22-17(20-13-8-4-2-1-3-5-9-13)12-15-18(23)14-10-6-7-11-16(14)21-19(15)24/h6-7,10-11,13-14,23H,1-5,8-9,12H2,(H,20,22). The Morgan fingerprint density at radius 2 is 1.88 bits per heavy atom. The first-order chi connectivity index (χ1) is 11.6. The van der Waals surface area contributed by atoms with Gasteiger partial charge >= 0.3 is 0 Å². The average Bonchev–Trinajstić information content (AvgIpc) is 2.54. The van der Waals surface area contributed by atoms with E-state index in [4.69, 9.17) is 0 Å². The van der Waals surface area contributed by atoms with E-state index in [1.54, 1.807) is 18.2 Å². The zero-order valence-corrected chi connectivity index (χ0v) is 13.8. The molecule has 5 nitrogen and oxygen atoms in total. The van der Waals surface area contributed by atoms with Gasteiger partial charge in [0.2, 0.25) is 5.91 Å². The summed E-state index contributed by atoms with van der Waals surface area (Å²) >= 11 is 0. The van der Waals surface area contributed by atoms with Crippen LogP contribution in [0.4, 0.5) is 0 Å². The quantitative estimate of drug-likeness (QED) is 0.835. The summed E-state index contributed by atoms with van der Waals surface area (Å²) in [5.41, 5.74) is 0.649. The van der Waals surface area contributed by atoms with Gasteiger partial charge in [0.15, 0.2) is 0 Å². The van der Waals surface area contributed by atoms with Gasteiger partial charge in [0, 0.05) is 6.04 Å². The maximum atomic E-state index is 12.3. The molecule has 1 atom stereocenters. The van der Waals surface area contributed by atoms with Crippen LogP contribution in [0.1, 0.15) is 51.4 Å². The Kier molecular flexibility index (Phi) is 5.28. The van der Waals surface area contributed by atoms with Crippen molar-refractivity contribution in [2.75, 3.05) is 0 Å².